The fourth-order valence-corrected chi connectivity index (χ4v) is 0.833. The molecular weight excluding hydrogens is 126 g/mol. The summed E-state index contributed by atoms with van der Waals surface area (Å²) < 4.78 is 0. The lowest BCUT2D eigenvalue weighted by atomic mass is 10.1. The van der Waals surface area contributed by atoms with Gasteiger partial charge in [-0.2, -0.15) is 0 Å². The maximum Gasteiger partial charge on any atom is 1.00 e. The van der Waals surface area contributed by atoms with Gasteiger partial charge in [-0.25, -0.2) is 0 Å². The second-order valence-electron chi connectivity index (χ2n) is 2.00. The molecule has 2 N–H and O–H groups in total. The van der Waals surface area contributed by atoms with E-state index < -0.39 is 0 Å². The van der Waals surface area contributed by atoms with Crippen LogP contribution in [0.2, 0.25) is 0 Å². The van der Waals surface area contributed by atoms with E-state index in [0.29, 0.717) is 0 Å². The topological polar surface area (TPSA) is 32.3 Å². The zero-order valence-corrected chi connectivity index (χ0v) is 5.49. The van der Waals surface area contributed by atoms with E-state index in [1.807, 2.05) is 0 Å². The fraction of sp³-hybridized carbons (Fsp3) is 1.00. The molecule has 0 aromatic carbocycles. The minimum atomic E-state index is -0.0752. The van der Waals surface area contributed by atoms with Gasteiger partial charge in [-0.05, 0) is 19.4 Å². The van der Waals surface area contributed by atoms with Gasteiger partial charge >= 0.3 is 1.43 Å². The summed E-state index contributed by atoms with van der Waals surface area (Å²) in [6.07, 6.45) is 2.03. The normalized spacial score (nSPS) is 28.9. The molecule has 3 heteroatoms. The molecule has 1 rings (SSSR count). The second kappa shape index (κ2) is 4.13. The molecule has 0 saturated carbocycles. The van der Waals surface area contributed by atoms with Gasteiger partial charge in [0.15, 0.2) is 0 Å². The van der Waals surface area contributed by atoms with Crippen molar-refractivity contribution in [2.75, 3.05) is 13.1 Å². The van der Waals surface area contributed by atoms with E-state index in [2.05, 4.69) is 5.32 Å². The Morgan fingerprint density at radius 1 is 1.62 bits per heavy atom. The summed E-state index contributed by atoms with van der Waals surface area (Å²) in [5.41, 5.74) is 0. The molecule has 0 aromatic rings. The number of hydrogen-bond acceptors (Lipinski definition) is 2. The smallest absolute Gasteiger partial charge is 1.00 e. The zero-order valence-electron chi connectivity index (χ0n) is 5.73. The van der Waals surface area contributed by atoms with Crippen LogP contribution < -0.4 is 17.7 Å². The first-order valence-electron chi connectivity index (χ1n) is 2.78. The number of β-amino-alcohol motifs (C(OH)–C–C–N with tert-alkyl or cyclic N) is 1. The molecule has 0 bridgehead atoms. The molecule has 1 atom stereocenters. The number of aliphatic hydroxyl groups excluding tert-OH is 1. The van der Waals surface area contributed by atoms with Crippen LogP contribution in [0.1, 0.15) is 14.3 Å². The number of hydrogen-bond donors (Lipinski definition) is 2. The summed E-state index contributed by atoms with van der Waals surface area (Å²) >= 11 is 0. The predicted molar refractivity (Wildman–Crippen MR) is 29.2 cm³/mol. The van der Waals surface area contributed by atoms with Crippen molar-refractivity contribution in [3.05, 3.63) is 0 Å². The van der Waals surface area contributed by atoms with Crippen molar-refractivity contribution in [3.63, 3.8) is 0 Å². The first-order chi connectivity index (χ1) is 3.39. The largest absolute Gasteiger partial charge is 1.00 e. The summed E-state index contributed by atoms with van der Waals surface area (Å²) in [6, 6.07) is 0. The first-order valence-corrected chi connectivity index (χ1v) is 2.78. The Bertz CT molecular complexity index is 58.9. The number of aliphatic hydroxyl groups is 1. The van der Waals surface area contributed by atoms with E-state index >= 15 is 0 Å². The van der Waals surface area contributed by atoms with Gasteiger partial charge in [-0.1, -0.05) is 0 Å². The van der Waals surface area contributed by atoms with E-state index in [4.69, 9.17) is 5.11 Å². The van der Waals surface area contributed by atoms with Gasteiger partial charge in [0, 0.05) is 6.54 Å². The molecule has 1 aliphatic heterocycles. The van der Waals surface area contributed by atoms with Crippen LogP contribution in [-0.4, -0.2) is 24.3 Å². The fourth-order valence-electron chi connectivity index (χ4n) is 0.833. The van der Waals surface area contributed by atoms with E-state index in [9.17, 15) is 0 Å². The van der Waals surface area contributed by atoms with Crippen molar-refractivity contribution < 1.29 is 18.9 Å². The number of nitrogens with one attached hydrogen (secondary N) is 1. The molecule has 0 aromatic heterocycles. The van der Waals surface area contributed by atoms with Gasteiger partial charge in [0.2, 0.25) is 0 Å². The molecule has 8 heavy (non-hydrogen) atoms. The van der Waals surface area contributed by atoms with Crippen LogP contribution in [0.5, 0.6) is 0 Å². The van der Waals surface area contributed by atoms with Gasteiger partial charge in [0.05, 0.1) is 6.10 Å². The van der Waals surface area contributed by atoms with Crippen LogP contribution in [0.4, 0.5) is 0 Å². The molecular formula is C5H12ClNO. The molecule has 0 spiro atoms. The van der Waals surface area contributed by atoms with Crippen molar-refractivity contribution in [2.45, 2.75) is 18.9 Å². The molecule has 1 saturated heterocycles. The Labute approximate surface area is 57.2 Å². The third kappa shape index (κ3) is 2.50. The standard InChI is InChI=1S/C5H11NO.ClH/c7-5-2-1-3-6-4-5;/h5-7H,1-4H2;1H/t5-;/m1./s1. The van der Waals surface area contributed by atoms with E-state index in [-0.39, 0.29) is 19.9 Å². The van der Waals surface area contributed by atoms with Gasteiger partial charge in [-0.3, -0.25) is 0 Å². The molecule has 0 aliphatic carbocycles. The Hall–Kier alpha value is 0.210. The third-order valence-corrected chi connectivity index (χ3v) is 1.27. The minimum absolute atomic E-state index is 0. The lowest BCUT2D eigenvalue weighted by Gasteiger charge is -2.16. The number of rotatable bonds is 0. The average Bonchev–Trinajstić information content (AvgIpc) is 1.69. The summed E-state index contributed by atoms with van der Waals surface area (Å²) in [4.78, 5) is 0. The third-order valence-electron chi connectivity index (χ3n) is 1.27. The summed E-state index contributed by atoms with van der Waals surface area (Å²) in [5, 5.41) is 11.9. The summed E-state index contributed by atoms with van der Waals surface area (Å²) in [5.74, 6) is 0. The van der Waals surface area contributed by atoms with Crippen molar-refractivity contribution in [3.8, 4) is 0 Å². The van der Waals surface area contributed by atoms with Crippen molar-refractivity contribution >= 4 is 0 Å². The average molecular weight is 138 g/mol. The highest BCUT2D eigenvalue weighted by Gasteiger charge is 2.06. The van der Waals surface area contributed by atoms with Crippen LogP contribution in [0, 0.1) is 0 Å². The zero-order chi connectivity index (χ0) is 5.11. The summed E-state index contributed by atoms with van der Waals surface area (Å²) in [6.45, 7) is 1.87. The van der Waals surface area contributed by atoms with Crippen molar-refractivity contribution in [1.29, 1.82) is 0 Å². The Balaban J connectivity index is 0. The molecule has 0 amide bonds. The number of halogens is 1. The molecule has 1 aliphatic rings. The van der Waals surface area contributed by atoms with Crippen molar-refractivity contribution in [2.24, 2.45) is 0 Å². The molecule has 2 nitrogen and oxygen atoms in total. The molecule has 1 heterocycles. The van der Waals surface area contributed by atoms with E-state index in [1.54, 1.807) is 0 Å². The monoisotopic (exact) mass is 137 g/mol. The van der Waals surface area contributed by atoms with Crippen LogP contribution >= 0.6 is 0 Å². The summed E-state index contributed by atoms with van der Waals surface area (Å²) in [7, 11) is 0. The number of piperidine rings is 1. The molecule has 0 radical (unpaired) electrons. The maximum atomic E-state index is 8.85. The van der Waals surface area contributed by atoms with Crippen LogP contribution in [-0.2, 0) is 0 Å². The van der Waals surface area contributed by atoms with Gasteiger partial charge in [0.1, 0.15) is 0 Å². The maximum absolute atomic E-state index is 8.85. The highest BCUT2D eigenvalue weighted by molar-refractivity contribution is 4.65. The molecule has 1 fully saturated rings. The SMILES string of the molecule is O[C@@H]1CCCNC1.[Cl-].[H+]. The lowest BCUT2D eigenvalue weighted by molar-refractivity contribution is -0.00000372. The van der Waals surface area contributed by atoms with Crippen LogP contribution in [0.3, 0.4) is 0 Å². The van der Waals surface area contributed by atoms with Gasteiger partial charge in [0.25, 0.3) is 0 Å². The molecule has 0 unspecified atom stereocenters. The predicted octanol–water partition coefficient (Wildman–Crippen LogP) is -3.15. The minimum Gasteiger partial charge on any atom is -1.00 e. The highest BCUT2D eigenvalue weighted by atomic mass is 35.5. The Morgan fingerprint density at radius 2 is 2.38 bits per heavy atom. The highest BCUT2D eigenvalue weighted by Crippen LogP contribution is 1.98. The first kappa shape index (κ1) is 8.21. The van der Waals surface area contributed by atoms with Gasteiger partial charge < -0.3 is 22.8 Å². The van der Waals surface area contributed by atoms with E-state index in [1.165, 1.54) is 0 Å². The van der Waals surface area contributed by atoms with Crippen LogP contribution in [0.15, 0.2) is 0 Å². The molecule has 50 valence electrons. The lowest BCUT2D eigenvalue weighted by Crippen LogP contribution is -3.00. The quantitative estimate of drug-likeness (QED) is 0.370. The van der Waals surface area contributed by atoms with E-state index in [0.717, 1.165) is 25.9 Å². The Kier molecular flexibility index (Phi) is 4.23. The van der Waals surface area contributed by atoms with Crippen molar-refractivity contribution in [1.82, 2.24) is 5.32 Å². The van der Waals surface area contributed by atoms with Gasteiger partial charge in [-0.15, -0.1) is 0 Å². The Morgan fingerprint density at radius 3 is 2.62 bits per heavy atom. The second-order valence-corrected chi connectivity index (χ2v) is 2.00. The van der Waals surface area contributed by atoms with Crippen LogP contribution in [0.25, 0.3) is 0 Å².